The molecule has 22 heavy (non-hydrogen) atoms. The van der Waals surface area contributed by atoms with Gasteiger partial charge in [0.1, 0.15) is 5.78 Å². The molecule has 130 valence electrons. The van der Waals surface area contributed by atoms with Crippen LogP contribution in [0.1, 0.15) is 85.5 Å². The molecule has 0 saturated heterocycles. The standard InChI is InChI=1S/C19H37NO2/c1-16(2)14-15-20(5)19(22)13-11-9-7-6-8-10-12-18(21)17(3)4/h16-17H,6-15H2,1-5H3. The number of nitrogens with zero attached hydrogens (tertiary/aromatic N) is 1. The minimum Gasteiger partial charge on any atom is -0.346 e. The SMILES string of the molecule is CC(C)CCN(C)C(=O)CCCCCCCCC(=O)C(C)C. The van der Waals surface area contributed by atoms with Crippen molar-refractivity contribution in [2.75, 3.05) is 13.6 Å². The van der Waals surface area contributed by atoms with Crippen molar-refractivity contribution in [3.63, 3.8) is 0 Å². The van der Waals surface area contributed by atoms with Crippen molar-refractivity contribution in [1.29, 1.82) is 0 Å². The molecule has 0 rings (SSSR count). The highest BCUT2D eigenvalue weighted by atomic mass is 16.2. The molecule has 0 fully saturated rings. The normalized spacial score (nSPS) is 11.2. The van der Waals surface area contributed by atoms with Gasteiger partial charge in [-0.2, -0.15) is 0 Å². The van der Waals surface area contributed by atoms with Crippen LogP contribution in [0.5, 0.6) is 0 Å². The third kappa shape index (κ3) is 11.8. The van der Waals surface area contributed by atoms with Crippen molar-refractivity contribution < 1.29 is 9.59 Å². The van der Waals surface area contributed by atoms with Gasteiger partial charge in [0, 0.05) is 32.4 Å². The summed E-state index contributed by atoms with van der Waals surface area (Å²) >= 11 is 0. The summed E-state index contributed by atoms with van der Waals surface area (Å²) in [6.07, 6.45) is 9.14. The zero-order chi connectivity index (χ0) is 17.0. The van der Waals surface area contributed by atoms with E-state index in [1.807, 2.05) is 25.8 Å². The summed E-state index contributed by atoms with van der Waals surface area (Å²) in [5, 5.41) is 0. The molecule has 0 N–H and O–H groups in total. The number of ketones is 1. The summed E-state index contributed by atoms with van der Waals surface area (Å²) in [4.78, 5) is 25.3. The molecule has 0 aliphatic rings. The molecule has 0 radical (unpaired) electrons. The molecule has 0 unspecified atom stereocenters. The number of rotatable bonds is 13. The smallest absolute Gasteiger partial charge is 0.222 e. The Hall–Kier alpha value is -0.860. The van der Waals surface area contributed by atoms with Crippen LogP contribution in [0.15, 0.2) is 0 Å². The van der Waals surface area contributed by atoms with E-state index >= 15 is 0 Å². The molecule has 0 spiro atoms. The van der Waals surface area contributed by atoms with Gasteiger partial charge in [-0.05, 0) is 25.2 Å². The van der Waals surface area contributed by atoms with Gasteiger partial charge in [0.05, 0.1) is 0 Å². The first kappa shape index (κ1) is 21.1. The Bertz CT molecular complexity index is 311. The van der Waals surface area contributed by atoms with Crippen molar-refractivity contribution in [3.8, 4) is 0 Å². The average molecular weight is 312 g/mol. The molecule has 0 heterocycles. The molecule has 3 heteroatoms. The van der Waals surface area contributed by atoms with Gasteiger partial charge in [-0.3, -0.25) is 9.59 Å². The lowest BCUT2D eigenvalue weighted by atomic mass is 10.0. The molecule has 0 atom stereocenters. The predicted molar refractivity (Wildman–Crippen MR) is 93.9 cm³/mol. The van der Waals surface area contributed by atoms with E-state index in [1.54, 1.807) is 0 Å². The molecule has 0 bridgehead atoms. The summed E-state index contributed by atoms with van der Waals surface area (Å²) in [6.45, 7) is 9.19. The van der Waals surface area contributed by atoms with Crippen LogP contribution in [0.2, 0.25) is 0 Å². The van der Waals surface area contributed by atoms with E-state index in [0.29, 0.717) is 18.1 Å². The van der Waals surface area contributed by atoms with Gasteiger partial charge >= 0.3 is 0 Å². The van der Waals surface area contributed by atoms with Gasteiger partial charge in [-0.1, -0.05) is 53.4 Å². The second-order valence-corrected chi connectivity index (χ2v) is 7.24. The van der Waals surface area contributed by atoms with Crippen LogP contribution < -0.4 is 0 Å². The highest BCUT2D eigenvalue weighted by Crippen LogP contribution is 2.11. The Morgan fingerprint density at radius 2 is 1.32 bits per heavy atom. The maximum absolute atomic E-state index is 11.9. The average Bonchev–Trinajstić information content (AvgIpc) is 2.46. The lowest BCUT2D eigenvalue weighted by Gasteiger charge is -2.18. The molecule has 0 aromatic heterocycles. The molecule has 1 amide bonds. The van der Waals surface area contributed by atoms with Gasteiger partial charge in [-0.15, -0.1) is 0 Å². The summed E-state index contributed by atoms with van der Waals surface area (Å²) in [5.41, 5.74) is 0. The number of carbonyl (C=O) groups excluding carboxylic acids is 2. The molecule has 0 saturated carbocycles. The molecule has 0 aliphatic heterocycles. The van der Waals surface area contributed by atoms with Gasteiger partial charge in [0.25, 0.3) is 0 Å². The fourth-order valence-electron chi connectivity index (χ4n) is 2.34. The van der Waals surface area contributed by atoms with Gasteiger partial charge < -0.3 is 4.90 Å². The van der Waals surface area contributed by atoms with Crippen LogP contribution in [0.3, 0.4) is 0 Å². The van der Waals surface area contributed by atoms with Gasteiger partial charge in [-0.25, -0.2) is 0 Å². The van der Waals surface area contributed by atoms with Crippen LogP contribution >= 0.6 is 0 Å². The van der Waals surface area contributed by atoms with Crippen molar-refractivity contribution in [1.82, 2.24) is 4.90 Å². The first-order valence-electron chi connectivity index (χ1n) is 9.11. The van der Waals surface area contributed by atoms with Crippen molar-refractivity contribution >= 4 is 11.7 Å². The summed E-state index contributed by atoms with van der Waals surface area (Å²) in [7, 11) is 1.91. The van der Waals surface area contributed by atoms with Crippen LogP contribution in [0.25, 0.3) is 0 Å². The number of amides is 1. The lowest BCUT2D eigenvalue weighted by Crippen LogP contribution is -2.28. The fourth-order valence-corrected chi connectivity index (χ4v) is 2.34. The third-order valence-corrected chi connectivity index (χ3v) is 4.18. The fraction of sp³-hybridized carbons (Fsp3) is 0.895. The highest BCUT2D eigenvalue weighted by Gasteiger charge is 2.09. The summed E-state index contributed by atoms with van der Waals surface area (Å²) in [5.74, 6) is 1.50. The van der Waals surface area contributed by atoms with E-state index in [4.69, 9.17) is 0 Å². The minimum atomic E-state index is 0.179. The quantitative estimate of drug-likeness (QED) is 0.457. The predicted octanol–water partition coefficient (Wildman–Crippen LogP) is 4.84. The molecule has 0 aromatic rings. The van der Waals surface area contributed by atoms with E-state index < -0.39 is 0 Å². The van der Waals surface area contributed by atoms with Crippen LogP contribution in [0.4, 0.5) is 0 Å². The Morgan fingerprint density at radius 1 is 0.818 bits per heavy atom. The number of carbonyl (C=O) groups is 2. The maximum atomic E-state index is 11.9. The molecular weight excluding hydrogens is 274 g/mol. The molecule has 0 aromatic carbocycles. The second-order valence-electron chi connectivity index (χ2n) is 7.24. The highest BCUT2D eigenvalue weighted by molar-refractivity contribution is 5.80. The minimum absolute atomic E-state index is 0.179. The number of unbranched alkanes of at least 4 members (excludes halogenated alkanes) is 5. The van der Waals surface area contributed by atoms with E-state index in [1.165, 1.54) is 12.8 Å². The summed E-state index contributed by atoms with van der Waals surface area (Å²) < 4.78 is 0. The zero-order valence-electron chi connectivity index (χ0n) is 15.5. The number of hydrogen-bond acceptors (Lipinski definition) is 2. The zero-order valence-corrected chi connectivity index (χ0v) is 15.5. The first-order chi connectivity index (χ1) is 10.3. The maximum Gasteiger partial charge on any atom is 0.222 e. The second kappa shape index (κ2) is 12.7. The van der Waals surface area contributed by atoms with E-state index in [2.05, 4.69) is 13.8 Å². The van der Waals surface area contributed by atoms with Crippen molar-refractivity contribution in [2.24, 2.45) is 11.8 Å². The number of Topliss-reactive ketones (excluding diaryl/α,β-unsaturated/α-hetero) is 1. The van der Waals surface area contributed by atoms with E-state index in [-0.39, 0.29) is 11.8 Å². The Balaban J connectivity index is 3.45. The Kier molecular flexibility index (Phi) is 12.2. The van der Waals surface area contributed by atoms with E-state index in [9.17, 15) is 9.59 Å². The van der Waals surface area contributed by atoms with Crippen molar-refractivity contribution in [2.45, 2.75) is 85.5 Å². The molecule has 3 nitrogen and oxygen atoms in total. The topological polar surface area (TPSA) is 37.4 Å². The monoisotopic (exact) mass is 311 g/mol. The van der Waals surface area contributed by atoms with Crippen molar-refractivity contribution in [3.05, 3.63) is 0 Å². The van der Waals surface area contributed by atoms with Gasteiger partial charge in [0.2, 0.25) is 5.91 Å². The first-order valence-corrected chi connectivity index (χ1v) is 9.11. The van der Waals surface area contributed by atoms with Crippen LogP contribution in [-0.4, -0.2) is 30.2 Å². The van der Waals surface area contributed by atoms with Crippen LogP contribution in [0, 0.1) is 11.8 Å². The van der Waals surface area contributed by atoms with Crippen LogP contribution in [-0.2, 0) is 9.59 Å². The molecular formula is C19H37NO2. The molecule has 0 aliphatic carbocycles. The Labute approximate surface area is 137 Å². The lowest BCUT2D eigenvalue weighted by molar-refractivity contribution is -0.130. The largest absolute Gasteiger partial charge is 0.346 e. The number of hydrogen-bond donors (Lipinski definition) is 0. The summed E-state index contributed by atoms with van der Waals surface area (Å²) in [6, 6.07) is 0. The Morgan fingerprint density at radius 3 is 1.82 bits per heavy atom. The third-order valence-electron chi connectivity index (χ3n) is 4.18. The van der Waals surface area contributed by atoms with E-state index in [0.717, 1.165) is 45.1 Å². The van der Waals surface area contributed by atoms with Gasteiger partial charge in [0.15, 0.2) is 0 Å².